The van der Waals surface area contributed by atoms with E-state index in [4.69, 9.17) is 5.11 Å². The van der Waals surface area contributed by atoms with E-state index in [0.29, 0.717) is 11.1 Å². The lowest BCUT2D eigenvalue weighted by molar-refractivity contribution is 0.0955. The van der Waals surface area contributed by atoms with E-state index in [9.17, 15) is 13.2 Å². The van der Waals surface area contributed by atoms with E-state index in [1.54, 1.807) is 0 Å². The summed E-state index contributed by atoms with van der Waals surface area (Å²) < 4.78 is 21.8. The molecule has 0 saturated heterocycles. The number of carbonyl (C=O) groups is 1. The number of carbonyl (C=O) groups excluding carboxylic acids is 1. The van der Waals surface area contributed by atoms with Crippen molar-refractivity contribution in [3.05, 3.63) is 29.6 Å². The van der Waals surface area contributed by atoms with Gasteiger partial charge in [-0.1, -0.05) is 11.8 Å². The Hall–Kier alpha value is -1.91. The smallest absolute Gasteiger partial charge is 0.252 e. The summed E-state index contributed by atoms with van der Waals surface area (Å²) in [6, 6.07) is 1.52. The number of sulfone groups is 1. The van der Waals surface area contributed by atoms with Gasteiger partial charge >= 0.3 is 0 Å². The van der Waals surface area contributed by atoms with Gasteiger partial charge in [0.05, 0.1) is 11.3 Å². The predicted octanol–water partition coefficient (Wildman–Crippen LogP) is -0.800. The Morgan fingerprint density at radius 3 is 2.84 bits per heavy atom. The van der Waals surface area contributed by atoms with Crippen molar-refractivity contribution in [2.45, 2.75) is 0 Å². The Labute approximate surface area is 111 Å². The monoisotopic (exact) mass is 282 g/mol. The Kier molecular flexibility index (Phi) is 5.48. The number of nitrogens with zero attached hydrogens (tertiary/aromatic N) is 1. The fraction of sp³-hybridized carbons (Fsp3) is 0.333. The molecular weight excluding hydrogens is 268 g/mol. The fourth-order valence-electron chi connectivity index (χ4n) is 1.23. The molecule has 1 amide bonds. The Morgan fingerprint density at radius 1 is 1.47 bits per heavy atom. The molecule has 0 bridgehead atoms. The maximum atomic E-state index is 11.7. The van der Waals surface area contributed by atoms with Crippen LogP contribution in [0.2, 0.25) is 0 Å². The molecular formula is C12H14N2O4S. The first-order valence-corrected chi connectivity index (χ1v) is 7.49. The molecule has 1 aromatic rings. The zero-order chi connectivity index (χ0) is 14.3. The van der Waals surface area contributed by atoms with Crippen LogP contribution in [0.15, 0.2) is 18.5 Å². The van der Waals surface area contributed by atoms with Crippen LogP contribution in [0, 0.1) is 11.8 Å². The zero-order valence-electron chi connectivity index (χ0n) is 10.4. The first-order valence-electron chi connectivity index (χ1n) is 5.43. The maximum Gasteiger partial charge on any atom is 0.252 e. The van der Waals surface area contributed by atoms with Crippen molar-refractivity contribution in [2.75, 3.05) is 25.2 Å². The SMILES string of the molecule is CS(=O)(=O)CCNC(=O)c1cncc(C#CCO)c1. The molecule has 0 radical (unpaired) electrons. The normalized spacial score (nSPS) is 10.4. The quantitative estimate of drug-likeness (QED) is 0.705. The van der Waals surface area contributed by atoms with E-state index >= 15 is 0 Å². The van der Waals surface area contributed by atoms with Crippen LogP contribution in [-0.2, 0) is 9.84 Å². The van der Waals surface area contributed by atoms with Gasteiger partial charge < -0.3 is 10.4 Å². The second-order valence-electron chi connectivity index (χ2n) is 3.81. The highest BCUT2D eigenvalue weighted by Crippen LogP contribution is 2.01. The number of hydrogen-bond donors (Lipinski definition) is 2. The number of hydrogen-bond acceptors (Lipinski definition) is 5. The molecule has 1 rings (SSSR count). The minimum absolute atomic E-state index is 0.0458. The standard InChI is InChI=1S/C12H14N2O4S/c1-19(17,18)6-4-14-12(16)11-7-10(3-2-5-15)8-13-9-11/h7-9,15H,4-6H2,1H3,(H,14,16). The summed E-state index contributed by atoms with van der Waals surface area (Å²) in [5.74, 6) is 4.55. The fourth-order valence-corrected chi connectivity index (χ4v) is 1.70. The van der Waals surface area contributed by atoms with E-state index in [1.165, 1.54) is 18.5 Å². The minimum atomic E-state index is -3.10. The van der Waals surface area contributed by atoms with E-state index < -0.39 is 15.7 Å². The number of rotatable bonds is 4. The van der Waals surface area contributed by atoms with Gasteiger partial charge in [0.2, 0.25) is 0 Å². The van der Waals surface area contributed by atoms with Gasteiger partial charge in [0.25, 0.3) is 5.91 Å². The second kappa shape index (κ2) is 6.87. The summed E-state index contributed by atoms with van der Waals surface area (Å²) in [6.07, 6.45) is 3.93. The van der Waals surface area contributed by atoms with Gasteiger partial charge in [0.15, 0.2) is 0 Å². The van der Waals surface area contributed by atoms with Gasteiger partial charge in [-0.3, -0.25) is 9.78 Å². The van der Waals surface area contributed by atoms with Crippen LogP contribution in [0.1, 0.15) is 15.9 Å². The number of aliphatic hydroxyl groups excluding tert-OH is 1. The van der Waals surface area contributed by atoms with Crippen LogP contribution in [0.25, 0.3) is 0 Å². The van der Waals surface area contributed by atoms with Crippen molar-refractivity contribution in [1.82, 2.24) is 10.3 Å². The molecule has 1 aromatic heterocycles. The molecule has 19 heavy (non-hydrogen) atoms. The number of pyridine rings is 1. The summed E-state index contributed by atoms with van der Waals surface area (Å²) in [6.45, 7) is -0.227. The van der Waals surface area contributed by atoms with Crippen molar-refractivity contribution >= 4 is 15.7 Å². The van der Waals surface area contributed by atoms with E-state index in [1.807, 2.05) is 0 Å². The predicted molar refractivity (Wildman–Crippen MR) is 70.2 cm³/mol. The molecule has 6 nitrogen and oxygen atoms in total. The van der Waals surface area contributed by atoms with Crippen molar-refractivity contribution in [3.8, 4) is 11.8 Å². The molecule has 0 aliphatic carbocycles. The minimum Gasteiger partial charge on any atom is -0.384 e. The van der Waals surface area contributed by atoms with Gasteiger partial charge in [-0.15, -0.1) is 0 Å². The molecule has 0 spiro atoms. The highest BCUT2D eigenvalue weighted by Gasteiger charge is 2.08. The molecule has 0 saturated carbocycles. The maximum absolute atomic E-state index is 11.7. The number of nitrogens with one attached hydrogen (secondary N) is 1. The third kappa shape index (κ3) is 5.99. The summed E-state index contributed by atoms with van der Waals surface area (Å²) in [5, 5.41) is 11.1. The number of aromatic nitrogens is 1. The molecule has 7 heteroatoms. The van der Waals surface area contributed by atoms with Crippen molar-refractivity contribution in [2.24, 2.45) is 0 Å². The summed E-state index contributed by atoms with van der Waals surface area (Å²) in [4.78, 5) is 15.6. The lowest BCUT2D eigenvalue weighted by Gasteiger charge is -2.04. The van der Waals surface area contributed by atoms with Crippen LogP contribution in [0.4, 0.5) is 0 Å². The van der Waals surface area contributed by atoms with Crippen LogP contribution in [-0.4, -0.2) is 49.6 Å². The van der Waals surface area contributed by atoms with Gasteiger partial charge in [0, 0.05) is 30.8 Å². The van der Waals surface area contributed by atoms with Crippen LogP contribution in [0.3, 0.4) is 0 Å². The van der Waals surface area contributed by atoms with Crippen molar-refractivity contribution in [1.29, 1.82) is 0 Å². The molecule has 0 unspecified atom stereocenters. The molecule has 0 atom stereocenters. The molecule has 2 N–H and O–H groups in total. The number of aliphatic hydroxyl groups is 1. The summed E-state index contributed by atoms with van der Waals surface area (Å²) in [5.41, 5.74) is 0.794. The number of amides is 1. The lowest BCUT2D eigenvalue weighted by atomic mass is 10.2. The zero-order valence-corrected chi connectivity index (χ0v) is 11.2. The Bertz CT molecular complexity index is 614. The molecule has 0 aliphatic heterocycles. The average molecular weight is 282 g/mol. The van der Waals surface area contributed by atoms with E-state index in [-0.39, 0.29) is 18.9 Å². The molecule has 0 aliphatic rings. The van der Waals surface area contributed by atoms with E-state index in [0.717, 1.165) is 6.26 Å². The first kappa shape index (κ1) is 15.1. The average Bonchev–Trinajstić information content (AvgIpc) is 2.35. The molecule has 1 heterocycles. The van der Waals surface area contributed by atoms with Crippen LogP contribution in [0.5, 0.6) is 0 Å². The molecule has 0 fully saturated rings. The van der Waals surface area contributed by atoms with Crippen LogP contribution < -0.4 is 5.32 Å². The summed E-state index contributed by atoms with van der Waals surface area (Å²) in [7, 11) is -3.10. The van der Waals surface area contributed by atoms with Gasteiger partial charge in [-0.2, -0.15) is 0 Å². The first-order chi connectivity index (χ1) is 8.92. The topological polar surface area (TPSA) is 96.4 Å². The Morgan fingerprint density at radius 2 is 2.21 bits per heavy atom. The highest BCUT2D eigenvalue weighted by molar-refractivity contribution is 7.90. The lowest BCUT2D eigenvalue weighted by Crippen LogP contribution is -2.28. The Balaban J connectivity index is 2.67. The van der Waals surface area contributed by atoms with Gasteiger partial charge in [0.1, 0.15) is 16.4 Å². The third-order valence-corrected chi connectivity index (χ3v) is 3.02. The molecule has 102 valence electrons. The van der Waals surface area contributed by atoms with Gasteiger partial charge in [-0.25, -0.2) is 8.42 Å². The summed E-state index contributed by atoms with van der Waals surface area (Å²) >= 11 is 0. The third-order valence-electron chi connectivity index (χ3n) is 2.07. The van der Waals surface area contributed by atoms with Crippen molar-refractivity contribution in [3.63, 3.8) is 0 Å². The van der Waals surface area contributed by atoms with E-state index in [2.05, 4.69) is 22.1 Å². The van der Waals surface area contributed by atoms with Gasteiger partial charge in [-0.05, 0) is 6.07 Å². The van der Waals surface area contributed by atoms with Crippen molar-refractivity contribution < 1.29 is 18.3 Å². The largest absolute Gasteiger partial charge is 0.384 e. The highest BCUT2D eigenvalue weighted by atomic mass is 32.2. The second-order valence-corrected chi connectivity index (χ2v) is 6.07. The molecule has 0 aromatic carbocycles. The van der Waals surface area contributed by atoms with Crippen LogP contribution >= 0.6 is 0 Å².